The van der Waals surface area contributed by atoms with Gasteiger partial charge in [0.1, 0.15) is 11.1 Å². The van der Waals surface area contributed by atoms with E-state index in [4.69, 9.17) is 4.74 Å². The van der Waals surface area contributed by atoms with E-state index < -0.39 is 423 Å². The van der Waals surface area contributed by atoms with E-state index in [2.05, 4.69) is 20.0 Å². The molecule has 17 rings (SSSR count). The molecular weight excluding hydrogens is 1990 g/mol. The second-order valence-corrected chi connectivity index (χ2v) is 29.4. The van der Waals surface area contributed by atoms with Gasteiger partial charge in [-0.1, -0.05) is 0 Å². The molecular formula is C89H22F40N8O3. The Balaban J connectivity index is 1.06. The van der Waals surface area contributed by atoms with E-state index in [1.165, 1.54) is 0 Å². The fraction of sp³-hybridized carbons (Fsp3) is 0.0225. The number of fused-ring (bicyclic) bond motifs is 9. The number of methoxy groups -OCH3 is 1. The van der Waals surface area contributed by atoms with E-state index in [1.807, 2.05) is 15.0 Å². The summed E-state index contributed by atoms with van der Waals surface area (Å²) in [5.41, 5.74) is -55.0. The minimum Gasteiger partial charge on any atom is -0.354 e. The van der Waals surface area contributed by atoms with Crippen molar-refractivity contribution >= 4 is 67.7 Å². The summed E-state index contributed by atoms with van der Waals surface area (Å²) in [6.07, 6.45) is 1.05. The van der Waals surface area contributed by atoms with Crippen LogP contribution in [-0.2, 0) is 10.5 Å². The molecule has 5 N–H and O–H groups in total. The Kier molecular flexibility index (Phi) is 23.2. The Morgan fingerprint density at radius 3 is 1.04 bits per heavy atom. The number of nitrogens with zero attached hydrogens (tertiary/aromatic N) is 3. The molecule has 1 atom stereocenters. The standard InChI is InChI=1S/C89H22F40N8O3/c1-140-89-17(15-29(137-89)36(42-54(98)70(114)82(126)71(115)55(42)99)25-7-6-20(132-25)32(38-46(90)62(106)78(122)63(107)47(38)91)18-2-3-21(130-18)34(40-50(94)66(110)80(124)67(111)51(40)95)24-10-11-28(134-24)87(138)44-58(102)74(118)84(128)75(119)59(44)103)16-14-30(88(139)45-60(104)76(120)85(129)77(121)61(45)105)136-86(16)37(43-56(100)72(116)83(127)73(117)57(43)101)27-9-8-22(133-27)33(39-48(92)64(108)79(123)65(109)49(39)93)19-4-5-23(131-19)35(26-12-13-31(89)135-26)41-52(96)68(112)81(125)69(113)53(41)97/h2-15,132-136H,1H3/b32-20+,33-22+,34-21+,35-23+,36-25+,37-27-/t89-/m0/s1. The van der Waals surface area contributed by atoms with Gasteiger partial charge in [-0.2, -0.15) is 0 Å². The van der Waals surface area contributed by atoms with Crippen LogP contribution < -0.4 is 21.4 Å². The van der Waals surface area contributed by atoms with Crippen molar-refractivity contribution in [3.05, 3.63) is 435 Å². The lowest BCUT2D eigenvalue weighted by molar-refractivity contribution is 0.0457. The number of aliphatic imine (C=N–C) groups is 3. The Morgan fingerprint density at radius 2 is 0.629 bits per heavy atom. The van der Waals surface area contributed by atoms with Crippen LogP contribution in [0.4, 0.5) is 176 Å². The first-order valence-corrected chi connectivity index (χ1v) is 37.5. The smallest absolute Gasteiger partial charge is 0.227 e. The third-order valence-electron chi connectivity index (χ3n) is 22.0. The number of carbonyl (C=O) groups excluding carboxylic acids is 2. The van der Waals surface area contributed by atoms with Crippen LogP contribution in [0.25, 0.3) is 39.0 Å². The van der Waals surface area contributed by atoms with E-state index in [0.29, 0.717) is 24.3 Å². The van der Waals surface area contributed by atoms with E-state index in [0.717, 1.165) is 0 Å². The van der Waals surface area contributed by atoms with Gasteiger partial charge in [-0.05, 0) is 85.0 Å². The molecule has 0 fully saturated rings. The van der Waals surface area contributed by atoms with Crippen LogP contribution in [0.2, 0.25) is 0 Å². The third-order valence-corrected chi connectivity index (χ3v) is 22.0. The number of H-pyrrole nitrogens is 5. The molecule has 8 aromatic carbocycles. The lowest BCUT2D eigenvalue weighted by atomic mass is 9.88. The van der Waals surface area contributed by atoms with Crippen LogP contribution in [0.3, 0.4) is 0 Å². The van der Waals surface area contributed by atoms with Crippen molar-refractivity contribution < 1.29 is 190 Å². The quantitative estimate of drug-likeness (QED) is 0.0318. The van der Waals surface area contributed by atoms with Gasteiger partial charge in [-0.25, -0.2) is 191 Å². The molecule has 11 nitrogen and oxygen atoms in total. The average molecular weight is 2010 g/mol. The van der Waals surface area contributed by atoms with Gasteiger partial charge in [-0.3, -0.25) is 9.59 Å². The fourth-order valence-corrected chi connectivity index (χ4v) is 15.6. The molecule has 6 bridgehead atoms. The zero-order chi connectivity index (χ0) is 102. The second-order valence-electron chi connectivity index (χ2n) is 29.4. The second kappa shape index (κ2) is 33.9. The lowest BCUT2D eigenvalue weighted by Crippen LogP contribution is -2.28. The third kappa shape index (κ3) is 13.9. The number of benzene rings is 8. The number of halogens is 40. The molecule has 13 aromatic rings. The highest BCUT2D eigenvalue weighted by Gasteiger charge is 2.49. The van der Waals surface area contributed by atoms with Crippen LogP contribution in [0.1, 0.15) is 93.8 Å². The van der Waals surface area contributed by atoms with Gasteiger partial charge in [0, 0.05) is 84.5 Å². The number of ether oxygens (including phenoxy) is 1. The van der Waals surface area contributed by atoms with Crippen molar-refractivity contribution in [3.63, 3.8) is 0 Å². The van der Waals surface area contributed by atoms with E-state index in [-0.39, 0.29) is 67.8 Å². The normalized spacial score (nSPS) is 16.8. The van der Waals surface area contributed by atoms with Gasteiger partial charge in [0.05, 0.1) is 84.7 Å². The Labute approximate surface area is 742 Å². The highest BCUT2D eigenvalue weighted by Crippen LogP contribution is 2.52. The first-order chi connectivity index (χ1) is 65.9. The van der Waals surface area contributed by atoms with Gasteiger partial charge in [0.2, 0.25) is 63.8 Å². The number of allylic oxidation sites excluding steroid dienone is 5. The van der Waals surface area contributed by atoms with Gasteiger partial charge in [0.25, 0.3) is 0 Å². The van der Waals surface area contributed by atoms with Crippen molar-refractivity contribution in [2.45, 2.75) is 5.72 Å². The molecule has 0 spiro atoms. The summed E-state index contributed by atoms with van der Waals surface area (Å²) in [6.45, 7) is 0. The Hall–Kier alpha value is -16.2. The largest absolute Gasteiger partial charge is 0.354 e. The highest BCUT2D eigenvalue weighted by atomic mass is 19.2. The van der Waals surface area contributed by atoms with Crippen LogP contribution >= 0.6 is 0 Å². The maximum Gasteiger partial charge on any atom is 0.227 e. The average Bonchev–Trinajstić information content (AvgIpc) is 1.55. The van der Waals surface area contributed by atoms with Gasteiger partial charge < -0.3 is 29.7 Å². The summed E-state index contributed by atoms with van der Waals surface area (Å²) in [5.74, 6) is -126. The monoisotopic (exact) mass is 2010 g/mol. The number of nitrogens with one attached hydrogen (secondary N) is 5. The maximum absolute atomic E-state index is 17.6. The summed E-state index contributed by atoms with van der Waals surface area (Å²) in [7, 11) is 0.287. The molecule has 0 unspecified atom stereocenters. The number of aromatic nitrogens is 5. The summed E-state index contributed by atoms with van der Waals surface area (Å²) in [4.78, 5) is 50.5. The minimum absolute atomic E-state index is 0.0231. The number of ketones is 2. The van der Waals surface area contributed by atoms with Crippen molar-refractivity contribution in [2.24, 2.45) is 15.0 Å². The van der Waals surface area contributed by atoms with Crippen molar-refractivity contribution in [1.29, 1.82) is 0 Å². The van der Waals surface area contributed by atoms with Gasteiger partial charge in [0.15, 0.2) is 186 Å². The van der Waals surface area contributed by atoms with Crippen molar-refractivity contribution in [3.8, 4) is 0 Å². The molecule has 4 aliphatic rings. The van der Waals surface area contributed by atoms with Crippen LogP contribution in [0, 0.1) is 233 Å². The molecule has 0 saturated carbocycles. The molecule has 140 heavy (non-hydrogen) atoms. The van der Waals surface area contributed by atoms with Crippen LogP contribution in [0.15, 0.2) is 111 Å². The summed E-state index contributed by atoms with van der Waals surface area (Å²) in [5, 5.41) is -6.30. The number of hydrogen-bond acceptors (Lipinski definition) is 6. The first-order valence-electron chi connectivity index (χ1n) is 37.5. The molecule has 716 valence electrons. The Morgan fingerprint density at radius 1 is 0.286 bits per heavy atom. The van der Waals surface area contributed by atoms with Crippen LogP contribution in [-0.4, -0.2) is 60.7 Å². The van der Waals surface area contributed by atoms with Crippen molar-refractivity contribution in [2.75, 3.05) is 7.11 Å². The van der Waals surface area contributed by atoms with E-state index >= 15 is 158 Å². The predicted octanol–water partition coefficient (Wildman–Crippen LogP) is 20.5. The molecule has 0 radical (unpaired) electrons. The molecule has 9 heterocycles. The van der Waals surface area contributed by atoms with Crippen molar-refractivity contribution in [1.82, 2.24) is 24.9 Å². The minimum atomic E-state index is -3.93. The first kappa shape index (κ1) is 95.6. The lowest BCUT2D eigenvalue weighted by Gasteiger charge is -2.28. The van der Waals surface area contributed by atoms with Gasteiger partial charge in [-0.15, -0.1) is 0 Å². The topological polar surface area (TPSA) is 159 Å². The predicted molar refractivity (Wildman–Crippen MR) is 398 cm³/mol. The molecule has 51 heteroatoms. The summed E-state index contributed by atoms with van der Waals surface area (Å²) < 4.78 is 646. The molecule has 0 saturated heterocycles. The molecule has 0 amide bonds. The molecule has 5 aromatic heterocycles. The Bertz CT molecular complexity index is 8290. The zero-order valence-corrected chi connectivity index (χ0v) is 66.3. The molecule has 4 aliphatic heterocycles. The van der Waals surface area contributed by atoms with E-state index in [1.54, 1.807) is 4.98 Å². The maximum atomic E-state index is 17.6. The van der Waals surface area contributed by atoms with E-state index in [9.17, 15) is 26.7 Å². The van der Waals surface area contributed by atoms with Crippen LogP contribution in [0.5, 0.6) is 0 Å². The zero-order valence-electron chi connectivity index (χ0n) is 66.3. The number of aromatic amines is 5. The number of rotatable bonds is 14. The highest BCUT2D eigenvalue weighted by molar-refractivity contribution is 6.34. The SMILES string of the molecule is CO[C@@]12N=C(/C(c3c(F)c(F)c(F)c(F)c3F)=c3/cc/c(=C(C4=N/C(=C(\c5ccc(C(=O)c6c(F)c(F)c(F)c(F)c6F)[nH]5)c5c(F)c(F)c(F)c(F)c5F)C=C4)\c4c(F)c(F)c(F)c(F)c4F)[nH]3)C=C1c1cc(C(=O)c3c(F)c(F)c(F)c(F)c3F)[nH]c1/C(c1c(F)c(F)c(F)c(F)c1F)=c1/cc/c([nH]1)=C(\c1c(F)c(F)c(F)c(F)c1F)C1=N/C(=C(/c3c(F)c(F)c(F)c(F)c3F)c3ccc2[nH]3)C=C1. The number of carbonyl (C=O) groups is 2. The van der Waals surface area contributed by atoms with Gasteiger partial charge >= 0.3 is 0 Å². The number of hydrogen-bond donors (Lipinski definition) is 5. The fourth-order valence-electron chi connectivity index (χ4n) is 15.6. The molecule has 0 aliphatic carbocycles. The summed E-state index contributed by atoms with van der Waals surface area (Å²) >= 11 is 0. The summed E-state index contributed by atoms with van der Waals surface area (Å²) in [6, 6.07) is 1.79.